The van der Waals surface area contributed by atoms with Gasteiger partial charge in [0, 0.05) is 0 Å². The second-order valence-electron chi connectivity index (χ2n) is 4.83. The van der Waals surface area contributed by atoms with Crippen molar-refractivity contribution in [1.29, 1.82) is 0 Å². The Hall–Kier alpha value is -0.128. The van der Waals surface area contributed by atoms with Crippen molar-refractivity contribution >= 4 is 23.4 Å². The molecule has 0 bridgehead atoms. The van der Waals surface area contributed by atoms with E-state index < -0.39 is 14.1 Å². The van der Waals surface area contributed by atoms with E-state index in [-0.39, 0.29) is 0 Å². The van der Waals surface area contributed by atoms with Crippen LogP contribution in [0, 0.1) is 0 Å². The molecule has 0 atom stereocenters. The first kappa shape index (κ1) is 16.9. The Balaban J connectivity index is 4.19. The van der Waals surface area contributed by atoms with Crippen LogP contribution in [0.4, 0.5) is 0 Å². The fourth-order valence-electron chi connectivity index (χ4n) is 2.12. The molecule has 98 valence electrons. The van der Waals surface area contributed by atoms with Crippen LogP contribution in [0.5, 0.6) is 0 Å². The summed E-state index contributed by atoms with van der Waals surface area (Å²) in [7, 11) is 0. The van der Waals surface area contributed by atoms with Crippen LogP contribution in [-0.4, -0.2) is 23.4 Å². The summed E-state index contributed by atoms with van der Waals surface area (Å²) in [6.07, 6.45) is 7.71. The first-order chi connectivity index (χ1) is 8.17. The molecule has 0 aliphatic carbocycles. The number of carbonyl (C=O) groups is 2. The lowest BCUT2D eigenvalue weighted by molar-refractivity contribution is -0.115. The topological polar surface area (TPSA) is 34.1 Å². The molecule has 0 saturated carbocycles. The molecule has 3 heteroatoms. The molecule has 0 heterocycles. The minimum Gasteiger partial charge on any atom is -0.320 e. The smallest absolute Gasteiger partial charge is 0.320 e. The Bertz CT molecular complexity index is 208. The van der Waals surface area contributed by atoms with Crippen molar-refractivity contribution in [3.8, 4) is 0 Å². The van der Waals surface area contributed by atoms with Gasteiger partial charge in [-0.3, -0.25) is 0 Å². The molecule has 0 amide bonds. The standard InChI is InChI=1S/C6H13.2C4H7O.Al/c1-3-5-6-4-2;2*1-2-3-4-5;/h1,3-6H2,2H3;2*2-3H2,1H3;. The van der Waals surface area contributed by atoms with Crippen LogP contribution in [-0.2, 0) is 9.59 Å². The second-order valence-corrected chi connectivity index (χ2v) is 7.80. The van der Waals surface area contributed by atoms with Gasteiger partial charge in [0.25, 0.3) is 0 Å². The lowest BCUT2D eigenvalue weighted by atomic mass is 10.2. The van der Waals surface area contributed by atoms with E-state index in [1.807, 2.05) is 13.8 Å². The summed E-state index contributed by atoms with van der Waals surface area (Å²) in [5, 5.41) is 0.914. The molecule has 0 rings (SSSR count). The Morgan fingerprint density at radius 1 is 0.765 bits per heavy atom. The molecule has 0 aromatic heterocycles. The fraction of sp³-hybridized carbons (Fsp3) is 0.857. The van der Waals surface area contributed by atoms with Gasteiger partial charge in [-0.2, -0.15) is 0 Å². The normalized spacial score (nSPS) is 10.3. The van der Waals surface area contributed by atoms with Crippen molar-refractivity contribution in [2.24, 2.45) is 0 Å². The summed E-state index contributed by atoms with van der Waals surface area (Å²) in [6, 6.07) is 0. The maximum absolute atomic E-state index is 12.0. The summed E-state index contributed by atoms with van der Waals surface area (Å²) in [4.78, 5) is 23.9. The van der Waals surface area contributed by atoms with Crippen molar-refractivity contribution in [3.05, 3.63) is 0 Å². The maximum Gasteiger partial charge on any atom is 0.461 e. The Morgan fingerprint density at radius 2 is 1.29 bits per heavy atom. The molecule has 0 saturated heterocycles. The summed E-state index contributed by atoms with van der Waals surface area (Å²) >= 11 is -1.78. The predicted molar refractivity (Wildman–Crippen MR) is 74.5 cm³/mol. The van der Waals surface area contributed by atoms with Crippen LogP contribution < -0.4 is 0 Å². The number of hydrogen-bond acceptors (Lipinski definition) is 2. The van der Waals surface area contributed by atoms with Crippen molar-refractivity contribution in [2.75, 3.05) is 0 Å². The van der Waals surface area contributed by atoms with E-state index >= 15 is 0 Å². The molecule has 0 N–H and O–H groups in total. The fourth-order valence-corrected chi connectivity index (χ4v) is 5.09. The van der Waals surface area contributed by atoms with Gasteiger partial charge in [0.05, 0.1) is 9.29 Å². The van der Waals surface area contributed by atoms with E-state index in [9.17, 15) is 9.59 Å². The molecule has 0 radical (unpaired) electrons. The Kier molecular flexibility index (Phi) is 10.9. The number of carbonyl (C=O) groups excluding carboxylic acids is 2. The SMILES string of the molecule is CCCCC[CH2][Al]([C](=O)CCC)[C](=O)CCC. The van der Waals surface area contributed by atoms with Crippen LogP contribution >= 0.6 is 0 Å². The Morgan fingerprint density at radius 3 is 1.71 bits per heavy atom. The van der Waals surface area contributed by atoms with E-state index in [2.05, 4.69) is 6.92 Å². The molecular formula is C14H27AlO2. The molecule has 0 aliphatic rings. The third-order valence-electron chi connectivity index (χ3n) is 3.12. The molecule has 0 aliphatic heterocycles. The van der Waals surface area contributed by atoms with E-state index in [0.717, 1.165) is 24.5 Å². The molecule has 2 nitrogen and oxygen atoms in total. The van der Waals surface area contributed by atoms with Crippen molar-refractivity contribution in [2.45, 2.75) is 77.4 Å². The average molecular weight is 254 g/mol. The molecule has 0 aromatic rings. The summed E-state index contributed by atoms with van der Waals surface area (Å²) in [5.41, 5.74) is 0. The van der Waals surface area contributed by atoms with Crippen LogP contribution in [0.2, 0.25) is 5.28 Å². The highest BCUT2D eigenvalue weighted by Crippen LogP contribution is 2.11. The highest BCUT2D eigenvalue weighted by Gasteiger charge is 2.33. The van der Waals surface area contributed by atoms with Crippen molar-refractivity contribution < 1.29 is 9.59 Å². The monoisotopic (exact) mass is 254 g/mol. The molecule has 0 fully saturated rings. The van der Waals surface area contributed by atoms with E-state index in [4.69, 9.17) is 0 Å². The van der Waals surface area contributed by atoms with Crippen LogP contribution in [0.15, 0.2) is 0 Å². The van der Waals surface area contributed by atoms with Gasteiger partial charge in [-0.05, 0) is 12.8 Å². The van der Waals surface area contributed by atoms with Gasteiger partial charge in [-0.15, -0.1) is 0 Å². The summed E-state index contributed by atoms with van der Waals surface area (Å²) < 4.78 is 0.616. The lowest BCUT2D eigenvalue weighted by Crippen LogP contribution is -2.35. The zero-order valence-electron chi connectivity index (χ0n) is 11.8. The number of rotatable bonds is 11. The largest absolute Gasteiger partial charge is 0.461 e. The van der Waals surface area contributed by atoms with E-state index in [1.54, 1.807) is 0 Å². The molecule has 0 spiro atoms. The summed E-state index contributed by atoms with van der Waals surface area (Å²) in [6.45, 7) is 6.22. The average Bonchev–Trinajstić information content (AvgIpc) is 2.29. The van der Waals surface area contributed by atoms with Crippen LogP contribution in [0.25, 0.3) is 0 Å². The zero-order valence-corrected chi connectivity index (χ0v) is 12.9. The van der Waals surface area contributed by atoms with E-state index in [0.29, 0.717) is 22.1 Å². The Labute approximate surface area is 111 Å². The molecular weight excluding hydrogens is 227 g/mol. The van der Waals surface area contributed by atoms with Crippen molar-refractivity contribution in [3.63, 3.8) is 0 Å². The van der Waals surface area contributed by atoms with Gasteiger partial charge in [-0.1, -0.05) is 64.6 Å². The summed E-state index contributed by atoms with van der Waals surface area (Å²) in [5.74, 6) is 0. The van der Waals surface area contributed by atoms with Gasteiger partial charge < -0.3 is 9.59 Å². The van der Waals surface area contributed by atoms with Gasteiger partial charge in [-0.25, -0.2) is 0 Å². The molecule has 17 heavy (non-hydrogen) atoms. The maximum atomic E-state index is 12.0. The van der Waals surface area contributed by atoms with Crippen LogP contribution in [0.3, 0.4) is 0 Å². The molecule has 0 unspecified atom stereocenters. The minimum absolute atomic E-state index is 0.308. The first-order valence-electron chi connectivity index (χ1n) is 7.22. The van der Waals surface area contributed by atoms with Gasteiger partial charge in [0.1, 0.15) is 0 Å². The van der Waals surface area contributed by atoms with Gasteiger partial charge in [0.2, 0.25) is 0 Å². The zero-order chi connectivity index (χ0) is 13.1. The van der Waals surface area contributed by atoms with Crippen molar-refractivity contribution in [1.82, 2.24) is 0 Å². The highest BCUT2D eigenvalue weighted by atomic mass is 27.2. The number of unbranched alkanes of at least 4 members (excludes halogenated alkanes) is 3. The highest BCUT2D eigenvalue weighted by molar-refractivity contribution is 7.11. The predicted octanol–water partition coefficient (Wildman–Crippen LogP) is 3.88. The third-order valence-corrected chi connectivity index (χ3v) is 6.23. The molecule has 0 aromatic carbocycles. The number of hydrogen-bond donors (Lipinski definition) is 0. The quantitative estimate of drug-likeness (QED) is 0.414. The lowest BCUT2D eigenvalue weighted by Gasteiger charge is -2.08. The minimum atomic E-state index is -1.78. The second kappa shape index (κ2) is 11.0. The third kappa shape index (κ3) is 7.73. The van der Waals surface area contributed by atoms with Gasteiger partial charge >= 0.3 is 14.1 Å². The van der Waals surface area contributed by atoms with Crippen LogP contribution in [0.1, 0.15) is 72.1 Å². The first-order valence-corrected chi connectivity index (χ1v) is 9.19. The van der Waals surface area contributed by atoms with Gasteiger partial charge in [0.15, 0.2) is 0 Å². The van der Waals surface area contributed by atoms with E-state index in [1.165, 1.54) is 19.3 Å².